The number of benzene rings is 1. The van der Waals surface area contributed by atoms with E-state index in [2.05, 4.69) is 29.4 Å². The Morgan fingerprint density at radius 1 is 1.24 bits per heavy atom. The number of rotatable bonds is 5. The second-order valence-corrected chi connectivity index (χ2v) is 4.86. The van der Waals surface area contributed by atoms with E-state index in [9.17, 15) is 9.59 Å². The van der Waals surface area contributed by atoms with Crippen LogP contribution in [0.15, 0.2) is 18.2 Å². The van der Waals surface area contributed by atoms with Gasteiger partial charge in [-0.05, 0) is 37.0 Å². The molecule has 1 aromatic carbocycles. The van der Waals surface area contributed by atoms with Crippen LogP contribution in [-0.4, -0.2) is 25.2 Å². The second-order valence-electron chi connectivity index (χ2n) is 4.86. The summed E-state index contributed by atoms with van der Waals surface area (Å²) < 4.78 is 10.1. The molecule has 0 aliphatic carbocycles. The first-order chi connectivity index (χ1) is 9.93. The average molecular weight is 294 g/mol. The summed E-state index contributed by atoms with van der Waals surface area (Å²) in [4.78, 5) is 22.6. The zero-order valence-electron chi connectivity index (χ0n) is 12.9. The number of hydrogen-bond donors (Lipinski definition) is 2. The Kier molecular flexibility index (Phi) is 6.52. The van der Waals surface area contributed by atoms with Crippen LogP contribution in [0.2, 0.25) is 0 Å². The third kappa shape index (κ3) is 5.72. The van der Waals surface area contributed by atoms with Crippen LogP contribution in [0.25, 0.3) is 0 Å². The van der Waals surface area contributed by atoms with Crippen molar-refractivity contribution >= 4 is 12.0 Å². The highest BCUT2D eigenvalue weighted by atomic mass is 16.6. The Morgan fingerprint density at radius 2 is 1.95 bits per heavy atom. The fraction of sp³-hybridized carbons (Fsp3) is 0.467. The summed E-state index contributed by atoms with van der Waals surface area (Å²) in [5.41, 5.74) is 6.42. The summed E-state index contributed by atoms with van der Waals surface area (Å²) in [6.45, 7) is 7.81. The van der Waals surface area contributed by atoms with Crippen molar-refractivity contribution < 1.29 is 19.1 Å². The van der Waals surface area contributed by atoms with Gasteiger partial charge in [0.1, 0.15) is 5.75 Å². The van der Waals surface area contributed by atoms with E-state index in [1.54, 1.807) is 6.92 Å². The minimum absolute atomic E-state index is 0.186. The van der Waals surface area contributed by atoms with Gasteiger partial charge in [0.15, 0.2) is 6.61 Å². The second kappa shape index (κ2) is 8.14. The molecule has 2 amide bonds. The standard InChI is InChI=1S/C15H22N2O4/c1-5-20-15(19)17-16-14(18)9-21-13-8-12(10(2)3)7-6-11(13)4/h6-8,10H,5,9H2,1-4H3,(H,16,18)(H,17,19). The first-order valence-electron chi connectivity index (χ1n) is 6.89. The maximum absolute atomic E-state index is 11.5. The van der Waals surface area contributed by atoms with Gasteiger partial charge < -0.3 is 9.47 Å². The molecule has 0 aliphatic rings. The van der Waals surface area contributed by atoms with E-state index in [0.717, 1.165) is 11.1 Å². The quantitative estimate of drug-likeness (QED) is 0.817. The maximum atomic E-state index is 11.5. The van der Waals surface area contributed by atoms with Gasteiger partial charge in [0.2, 0.25) is 0 Å². The lowest BCUT2D eigenvalue weighted by atomic mass is 10.0. The molecule has 6 nitrogen and oxygen atoms in total. The number of carbonyl (C=O) groups excluding carboxylic acids is 2. The molecule has 0 atom stereocenters. The summed E-state index contributed by atoms with van der Waals surface area (Å²) in [6.07, 6.45) is -0.705. The number of aryl methyl sites for hydroxylation is 1. The molecule has 0 spiro atoms. The van der Waals surface area contributed by atoms with Crippen molar-refractivity contribution in [1.29, 1.82) is 0 Å². The van der Waals surface area contributed by atoms with Gasteiger partial charge in [0.05, 0.1) is 6.61 Å². The minimum atomic E-state index is -0.705. The monoisotopic (exact) mass is 294 g/mol. The van der Waals surface area contributed by atoms with Gasteiger partial charge in [-0.25, -0.2) is 10.2 Å². The fourth-order valence-electron chi connectivity index (χ4n) is 1.60. The van der Waals surface area contributed by atoms with Crippen LogP contribution in [0.5, 0.6) is 5.75 Å². The van der Waals surface area contributed by atoms with Gasteiger partial charge in [-0.1, -0.05) is 26.0 Å². The molecule has 0 fully saturated rings. The van der Waals surface area contributed by atoms with Crippen LogP contribution in [0.4, 0.5) is 4.79 Å². The van der Waals surface area contributed by atoms with Gasteiger partial charge in [0, 0.05) is 0 Å². The smallest absolute Gasteiger partial charge is 0.426 e. The number of carbonyl (C=O) groups is 2. The Morgan fingerprint density at radius 3 is 2.57 bits per heavy atom. The first kappa shape index (κ1) is 16.8. The molecule has 0 bridgehead atoms. The maximum Gasteiger partial charge on any atom is 0.426 e. The predicted molar refractivity (Wildman–Crippen MR) is 79.1 cm³/mol. The van der Waals surface area contributed by atoms with Gasteiger partial charge in [-0.3, -0.25) is 10.2 Å². The van der Waals surface area contributed by atoms with Crippen LogP contribution >= 0.6 is 0 Å². The first-order valence-corrected chi connectivity index (χ1v) is 6.89. The number of nitrogens with one attached hydrogen (secondary N) is 2. The van der Waals surface area contributed by atoms with E-state index in [0.29, 0.717) is 11.7 Å². The molecule has 0 aliphatic heterocycles. The predicted octanol–water partition coefficient (Wildman–Crippen LogP) is 2.27. The molecule has 2 N–H and O–H groups in total. The Bertz CT molecular complexity index is 500. The van der Waals surface area contributed by atoms with Crippen LogP contribution in [0, 0.1) is 6.92 Å². The topological polar surface area (TPSA) is 76.7 Å². The van der Waals surface area contributed by atoms with Crippen LogP contribution < -0.4 is 15.6 Å². The van der Waals surface area contributed by atoms with Crippen LogP contribution in [0.1, 0.15) is 37.8 Å². The average Bonchev–Trinajstić information content (AvgIpc) is 2.44. The Hall–Kier alpha value is -2.24. The molecular weight excluding hydrogens is 272 g/mol. The molecule has 0 aromatic heterocycles. The molecule has 6 heteroatoms. The van der Waals surface area contributed by atoms with Crippen molar-refractivity contribution in [2.45, 2.75) is 33.6 Å². The largest absolute Gasteiger partial charge is 0.483 e. The van der Waals surface area contributed by atoms with Gasteiger partial charge >= 0.3 is 6.09 Å². The van der Waals surface area contributed by atoms with Gasteiger partial charge in [0.25, 0.3) is 5.91 Å². The van der Waals surface area contributed by atoms with E-state index >= 15 is 0 Å². The lowest BCUT2D eigenvalue weighted by molar-refractivity contribution is -0.124. The third-order valence-electron chi connectivity index (χ3n) is 2.82. The molecule has 21 heavy (non-hydrogen) atoms. The Labute approximate surface area is 124 Å². The van der Waals surface area contributed by atoms with E-state index in [4.69, 9.17) is 4.74 Å². The van der Waals surface area contributed by atoms with Crippen molar-refractivity contribution in [3.8, 4) is 5.75 Å². The lowest BCUT2D eigenvalue weighted by Gasteiger charge is -2.13. The third-order valence-corrected chi connectivity index (χ3v) is 2.82. The van der Waals surface area contributed by atoms with Crippen LogP contribution in [-0.2, 0) is 9.53 Å². The summed E-state index contributed by atoms with van der Waals surface area (Å²) >= 11 is 0. The number of hydrazine groups is 1. The molecule has 0 saturated heterocycles. The normalized spacial score (nSPS) is 10.1. The SMILES string of the molecule is CCOC(=O)NNC(=O)COc1cc(C(C)C)ccc1C. The number of ether oxygens (including phenoxy) is 2. The molecule has 1 rings (SSSR count). The van der Waals surface area contributed by atoms with E-state index in [1.807, 2.05) is 25.1 Å². The molecule has 0 unspecified atom stereocenters. The highest BCUT2D eigenvalue weighted by molar-refractivity contribution is 5.80. The molecule has 116 valence electrons. The summed E-state index contributed by atoms with van der Waals surface area (Å²) in [7, 11) is 0. The molecule has 0 heterocycles. The fourth-order valence-corrected chi connectivity index (χ4v) is 1.60. The van der Waals surface area contributed by atoms with E-state index < -0.39 is 12.0 Å². The van der Waals surface area contributed by atoms with E-state index in [-0.39, 0.29) is 13.2 Å². The highest BCUT2D eigenvalue weighted by Gasteiger charge is 2.08. The lowest BCUT2D eigenvalue weighted by Crippen LogP contribution is -2.44. The molecule has 0 radical (unpaired) electrons. The Balaban J connectivity index is 2.49. The van der Waals surface area contributed by atoms with Gasteiger partial charge in [-0.2, -0.15) is 0 Å². The summed E-state index contributed by atoms with van der Waals surface area (Å²) in [6, 6.07) is 5.92. The summed E-state index contributed by atoms with van der Waals surface area (Å²) in [5, 5.41) is 0. The highest BCUT2D eigenvalue weighted by Crippen LogP contribution is 2.24. The van der Waals surface area contributed by atoms with Crippen molar-refractivity contribution in [1.82, 2.24) is 10.9 Å². The molecular formula is C15H22N2O4. The molecule has 1 aromatic rings. The summed E-state index contributed by atoms with van der Waals surface area (Å²) in [5.74, 6) is 0.581. The minimum Gasteiger partial charge on any atom is -0.483 e. The van der Waals surface area contributed by atoms with Crippen molar-refractivity contribution in [2.24, 2.45) is 0 Å². The van der Waals surface area contributed by atoms with Crippen molar-refractivity contribution in [3.63, 3.8) is 0 Å². The van der Waals surface area contributed by atoms with Crippen molar-refractivity contribution in [3.05, 3.63) is 29.3 Å². The van der Waals surface area contributed by atoms with Gasteiger partial charge in [-0.15, -0.1) is 0 Å². The molecule has 0 saturated carbocycles. The zero-order chi connectivity index (χ0) is 15.8. The number of amides is 2. The van der Waals surface area contributed by atoms with E-state index in [1.165, 1.54) is 0 Å². The number of hydrogen-bond acceptors (Lipinski definition) is 4. The zero-order valence-corrected chi connectivity index (χ0v) is 12.9. The van der Waals surface area contributed by atoms with Crippen LogP contribution in [0.3, 0.4) is 0 Å². The van der Waals surface area contributed by atoms with Crippen molar-refractivity contribution in [2.75, 3.05) is 13.2 Å².